The highest BCUT2D eigenvalue weighted by Gasteiger charge is 2.32. The van der Waals surface area contributed by atoms with Gasteiger partial charge in [-0.2, -0.15) is 0 Å². The van der Waals surface area contributed by atoms with E-state index in [1.54, 1.807) is 6.07 Å². The summed E-state index contributed by atoms with van der Waals surface area (Å²) in [6.07, 6.45) is 1.00. The van der Waals surface area contributed by atoms with Crippen LogP contribution in [0.25, 0.3) is 0 Å². The molecule has 0 radical (unpaired) electrons. The van der Waals surface area contributed by atoms with Crippen LogP contribution >= 0.6 is 15.9 Å². The summed E-state index contributed by atoms with van der Waals surface area (Å²) in [6, 6.07) is 5.16. The van der Waals surface area contributed by atoms with E-state index < -0.39 is 0 Å². The summed E-state index contributed by atoms with van der Waals surface area (Å²) in [6.45, 7) is 3.95. The first-order valence-corrected chi connectivity index (χ1v) is 5.57. The van der Waals surface area contributed by atoms with Crippen LogP contribution in [0.5, 0.6) is 0 Å². The SMILES string of the molecule is CC1(c2cc(Br)ccc2F)CCNC1. The van der Waals surface area contributed by atoms with Gasteiger partial charge in [0.1, 0.15) is 5.82 Å². The molecular weight excluding hydrogens is 245 g/mol. The normalized spacial score (nSPS) is 26.8. The highest BCUT2D eigenvalue weighted by atomic mass is 79.9. The van der Waals surface area contributed by atoms with Gasteiger partial charge in [0.05, 0.1) is 0 Å². The second kappa shape index (κ2) is 3.63. The van der Waals surface area contributed by atoms with Crippen molar-refractivity contribution in [2.75, 3.05) is 13.1 Å². The van der Waals surface area contributed by atoms with E-state index in [0.717, 1.165) is 29.5 Å². The van der Waals surface area contributed by atoms with Crippen LogP contribution in [0.4, 0.5) is 4.39 Å². The van der Waals surface area contributed by atoms with E-state index in [0.29, 0.717) is 0 Å². The lowest BCUT2D eigenvalue weighted by Gasteiger charge is -2.23. The Morgan fingerprint density at radius 1 is 1.50 bits per heavy atom. The number of rotatable bonds is 1. The number of hydrogen-bond donors (Lipinski definition) is 1. The summed E-state index contributed by atoms with van der Waals surface area (Å²) in [4.78, 5) is 0. The number of benzene rings is 1. The van der Waals surface area contributed by atoms with E-state index in [4.69, 9.17) is 0 Å². The lowest BCUT2D eigenvalue weighted by atomic mass is 9.81. The van der Waals surface area contributed by atoms with E-state index in [2.05, 4.69) is 28.2 Å². The zero-order valence-electron chi connectivity index (χ0n) is 8.11. The molecule has 1 nitrogen and oxygen atoms in total. The summed E-state index contributed by atoms with van der Waals surface area (Å²) < 4.78 is 14.6. The van der Waals surface area contributed by atoms with Gasteiger partial charge in [0.25, 0.3) is 0 Å². The number of nitrogens with one attached hydrogen (secondary N) is 1. The van der Waals surface area contributed by atoms with Crippen LogP contribution in [0.3, 0.4) is 0 Å². The van der Waals surface area contributed by atoms with Gasteiger partial charge in [0, 0.05) is 16.4 Å². The largest absolute Gasteiger partial charge is 0.316 e. The summed E-state index contributed by atoms with van der Waals surface area (Å²) >= 11 is 3.38. The fourth-order valence-electron chi connectivity index (χ4n) is 2.01. The zero-order valence-corrected chi connectivity index (χ0v) is 9.70. The molecule has 1 N–H and O–H groups in total. The predicted octanol–water partition coefficient (Wildman–Crippen LogP) is 2.84. The van der Waals surface area contributed by atoms with E-state index in [9.17, 15) is 4.39 Å². The first kappa shape index (κ1) is 10.1. The van der Waals surface area contributed by atoms with Gasteiger partial charge in [0.2, 0.25) is 0 Å². The van der Waals surface area contributed by atoms with Crippen molar-refractivity contribution in [2.24, 2.45) is 0 Å². The molecule has 14 heavy (non-hydrogen) atoms. The van der Waals surface area contributed by atoms with Crippen molar-refractivity contribution in [1.29, 1.82) is 0 Å². The Kier molecular flexibility index (Phi) is 2.62. The summed E-state index contributed by atoms with van der Waals surface area (Å²) in [5.74, 6) is -0.0978. The van der Waals surface area contributed by atoms with E-state index >= 15 is 0 Å². The van der Waals surface area contributed by atoms with Gasteiger partial charge in [-0.15, -0.1) is 0 Å². The van der Waals surface area contributed by atoms with Crippen LogP contribution in [-0.2, 0) is 5.41 Å². The van der Waals surface area contributed by atoms with Gasteiger partial charge in [0.15, 0.2) is 0 Å². The van der Waals surface area contributed by atoms with E-state index in [1.165, 1.54) is 6.07 Å². The quantitative estimate of drug-likeness (QED) is 0.816. The Bertz CT molecular complexity index is 345. The third kappa shape index (κ3) is 1.71. The second-order valence-electron chi connectivity index (χ2n) is 4.11. The third-order valence-corrected chi connectivity index (χ3v) is 3.44. The molecule has 0 saturated carbocycles. The molecule has 1 atom stereocenters. The van der Waals surface area contributed by atoms with Gasteiger partial charge in [-0.25, -0.2) is 4.39 Å². The Morgan fingerprint density at radius 3 is 2.93 bits per heavy atom. The Labute approximate surface area is 91.8 Å². The topological polar surface area (TPSA) is 12.0 Å². The highest BCUT2D eigenvalue weighted by Crippen LogP contribution is 2.33. The smallest absolute Gasteiger partial charge is 0.127 e. The van der Waals surface area contributed by atoms with Crippen molar-refractivity contribution in [2.45, 2.75) is 18.8 Å². The van der Waals surface area contributed by atoms with Crippen molar-refractivity contribution in [3.63, 3.8) is 0 Å². The summed E-state index contributed by atoms with van der Waals surface area (Å²) in [5.41, 5.74) is 0.769. The predicted molar refractivity (Wildman–Crippen MR) is 58.9 cm³/mol. The minimum absolute atomic E-state index is 0.0478. The molecule has 1 fully saturated rings. The molecule has 1 aromatic carbocycles. The highest BCUT2D eigenvalue weighted by molar-refractivity contribution is 9.10. The Hall–Kier alpha value is -0.410. The monoisotopic (exact) mass is 257 g/mol. The maximum Gasteiger partial charge on any atom is 0.127 e. The van der Waals surface area contributed by atoms with Crippen LogP contribution in [0.1, 0.15) is 18.9 Å². The van der Waals surface area contributed by atoms with Crippen molar-refractivity contribution < 1.29 is 4.39 Å². The van der Waals surface area contributed by atoms with Crippen molar-refractivity contribution in [1.82, 2.24) is 5.32 Å². The van der Waals surface area contributed by atoms with Crippen LogP contribution in [0.15, 0.2) is 22.7 Å². The molecule has 1 saturated heterocycles. The average molecular weight is 258 g/mol. The maximum absolute atomic E-state index is 13.6. The minimum Gasteiger partial charge on any atom is -0.316 e. The fraction of sp³-hybridized carbons (Fsp3) is 0.455. The molecule has 1 aromatic rings. The Morgan fingerprint density at radius 2 is 2.29 bits per heavy atom. The third-order valence-electron chi connectivity index (χ3n) is 2.95. The summed E-state index contributed by atoms with van der Waals surface area (Å²) in [7, 11) is 0. The number of hydrogen-bond acceptors (Lipinski definition) is 1. The molecule has 0 bridgehead atoms. The first-order valence-electron chi connectivity index (χ1n) is 4.78. The first-order chi connectivity index (χ1) is 6.62. The molecule has 0 aromatic heterocycles. The molecule has 1 aliphatic heterocycles. The van der Waals surface area contributed by atoms with Crippen LogP contribution in [0.2, 0.25) is 0 Å². The lowest BCUT2D eigenvalue weighted by molar-refractivity contribution is 0.482. The Balaban J connectivity index is 2.44. The van der Waals surface area contributed by atoms with Crippen molar-refractivity contribution >= 4 is 15.9 Å². The van der Waals surface area contributed by atoms with Gasteiger partial charge in [-0.05, 0) is 36.7 Å². The number of halogens is 2. The van der Waals surface area contributed by atoms with Crippen molar-refractivity contribution in [3.05, 3.63) is 34.1 Å². The summed E-state index contributed by atoms with van der Waals surface area (Å²) in [5, 5.41) is 3.28. The average Bonchev–Trinajstić information content (AvgIpc) is 2.58. The van der Waals surface area contributed by atoms with Crippen molar-refractivity contribution in [3.8, 4) is 0 Å². The fourth-order valence-corrected chi connectivity index (χ4v) is 2.37. The molecule has 2 rings (SSSR count). The van der Waals surface area contributed by atoms with Gasteiger partial charge in [-0.3, -0.25) is 0 Å². The zero-order chi connectivity index (χ0) is 10.2. The van der Waals surface area contributed by atoms with Gasteiger partial charge < -0.3 is 5.32 Å². The molecule has 1 unspecified atom stereocenters. The second-order valence-corrected chi connectivity index (χ2v) is 5.03. The van der Waals surface area contributed by atoms with E-state index in [-0.39, 0.29) is 11.2 Å². The lowest BCUT2D eigenvalue weighted by Crippen LogP contribution is -2.26. The van der Waals surface area contributed by atoms with E-state index in [1.807, 2.05) is 6.07 Å². The molecule has 0 aliphatic carbocycles. The van der Waals surface area contributed by atoms with Crippen LogP contribution in [-0.4, -0.2) is 13.1 Å². The van der Waals surface area contributed by atoms with Crippen LogP contribution in [0, 0.1) is 5.82 Å². The molecule has 1 aliphatic rings. The molecule has 76 valence electrons. The van der Waals surface area contributed by atoms with Gasteiger partial charge >= 0.3 is 0 Å². The van der Waals surface area contributed by atoms with Gasteiger partial charge in [-0.1, -0.05) is 22.9 Å². The molecule has 1 heterocycles. The maximum atomic E-state index is 13.6. The molecule has 3 heteroatoms. The molecule has 0 spiro atoms. The molecular formula is C11H13BrFN. The standard InChI is InChI=1S/C11H13BrFN/c1-11(4-5-14-7-11)9-6-8(12)2-3-10(9)13/h2-3,6,14H,4-5,7H2,1H3. The minimum atomic E-state index is -0.0978. The molecule has 0 amide bonds. The van der Waals surface area contributed by atoms with Crippen LogP contribution < -0.4 is 5.32 Å².